The first-order valence-corrected chi connectivity index (χ1v) is 7.86. The van der Waals surface area contributed by atoms with Gasteiger partial charge in [0.15, 0.2) is 0 Å². The maximum absolute atomic E-state index is 12.3. The predicted octanol–water partition coefficient (Wildman–Crippen LogP) is 1.41. The lowest BCUT2D eigenvalue weighted by atomic mass is 10.0. The molecule has 0 aliphatic carbocycles. The van der Waals surface area contributed by atoms with Crippen molar-refractivity contribution in [3.05, 3.63) is 35.5 Å². The van der Waals surface area contributed by atoms with Crippen LogP contribution >= 0.6 is 0 Å². The Morgan fingerprint density at radius 3 is 2.87 bits per heavy atom. The van der Waals surface area contributed by atoms with Gasteiger partial charge in [-0.3, -0.25) is 4.79 Å². The summed E-state index contributed by atoms with van der Waals surface area (Å²) in [6.45, 7) is 5.34. The van der Waals surface area contributed by atoms with Gasteiger partial charge in [0.25, 0.3) is 0 Å². The van der Waals surface area contributed by atoms with Gasteiger partial charge in [-0.05, 0) is 32.8 Å². The second kappa shape index (κ2) is 6.76. The zero-order valence-corrected chi connectivity index (χ0v) is 13.5. The van der Waals surface area contributed by atoms with Gasteiger partial charge in [-0.25, -0.2) is 9.97 Å². The number of carbonyl (C=O) groups excluding carboxylic acids is 1. The van der Waals surface area contributed by atoms with Gasteiger partial charge in [0.2, 0.25) is 11.9 Å². The zero-order chi connectivity index (χ0) is 16.2. The van der Waals surface area contributed by atoms with Crippen LogP contribution in [0.3, 0.4) is 0 Å². The summed E-state index contributed by atoms with van der Waals surface area (Å²) in [6.07, 6.45) is 5.76. The van der Waals surface area contributed by atoms with E-state index >= 15 is 0 Å². The molecule has 122 valence electrons. The molecule has 1 aliphatic rings. The number of aryl methyl sites for hydroxylation is 2. The molecule has 7 nitrogen and oxygen atoms in total. The average molecular weight is 315 g/mol. The van der Waals surface area contributed by atoms with Crippen molar-refractivity contribution < 1.29 is 9.32 Å². The van der Waals surface area contributed by atoms with E-state index in [-0.39, 0.29) is 11.9 Å². The third-order valence-corrected chi connectivity index (χ3v) is 4.14. The highest BCUT2D eigenvalue weighted by Gasteiger charge is 2.23. The van der Waals surface area contributed by atoms with Gasteiger partial charge < -0.3 is 14.7 Å². The van der Waals surface area contributed by atoms with E-state index in [1.165, 1.54) is 0 Å². The van der Waals surface area contributed by atoms with Gasteiger partial charge in [-0.2, -0.15) is 0 Å². The number of rotatable bonds is 4. The van der Waals surface area contributed by atoms with Crippen molar-refractivity contribution in [2.45, 2.75) is 39.2 Å². The first-order valence-electron chi connectivity index (χ1n) is 7.86. The van der Waals surface area contributed by atoms with E-state index in [1.807, 2.05) is 13.8 Å². The monoisotopic (exact) mass is 315 g/mol. The van der Waals surface area contributed by atoms with Gasteiger partial charge in [-0.1, -0.05) is 5.16 Å². The standard InChI is InChI=1S/C16H21N5O2/c1-11-14(12(2)23-20-11)9-15(22)19-13-5-3-8-21(10-13)16-17-6-4-7-18-16/h4,6-7,13H,3,5,8-10H2,1-2H3,(H,19,22)/t13-/m1/s1. The third-order valence-electron chi connectivity index (χ3n) is 4.14. The van der Waals surface area contributed by atoms with Crippen molar-refractivity contribution in [1.82, 2.24) is 20.4 Å². The fourth-order valence-corrected chi connectivity index (χ4v) is 2.92. The maximum Gasteiger partial charge on any atom is 0.225 e. The normalized spacial score (nSPS) is 18.0. The molecule has 0 spiro atoms. The minimum Gasteiger partial charge on any atom is -0.361 e. The number of nitrogens with zero attached hydrogens (tertiary/aromatic N) is 4. The zero-order valence-electron chi connectivity index (χ0n) is 13.5. The minimum absolute atomic E-state index is 0.000213. The van der Waals surface area contributed by atoms with Crippen molar-refractivity contribution in [3.8, 4) is 0 Å². The van der Waals surface area contributed by atoms with Crippen molar-refractivity contribution in [2.24, 2.45) is 0 Å². The predicted molar refractivity (Wildman–Crippen MR) is 85.1 cm³/mol. The Bertz CT molecular complexity index is 651. The fraction of sp³-hybridized carbons (Fsp3) is 0.500. The highest BCUT2D eigenvalue weighted by atomic mass is 16.5. The molecule has 1 amide bonds. The molecule has 0 aromatic carbocycles. The van der Waals surface area contributed by atoms with Crippen LogP contribution in [-0.4, -0.2) is 40.2 Å². The molecule has 0 bridgehead atoms. The van der Waals surface area contributed by atoms with E-state index in [9.17, 15) is 4.79 Å². The molecular formula is C16H21N5O2. The lowest BCUT2D eigenvalue weighted by molar-refractivity contribution is -0.121. The van der Waals surface area contributed by atoms with Crippen LogP contribution in [0, 0.1) is 13.8 Å². The molecule has 1 N–H and O–H groups in total. The molecule has 1 atom stereocenters. The van der Waals surface area contributed by atoms with Crippen molar-refractivity contribution >= 4 is 11.9 Å². The molecule has 0 unspecified atom stereocenters. The van der Waals surface area contributed by atoms with Crippen LogP contribution in [-0.2, 0) is 11.2 Å². The van der Waals surface area contributed by atoms with Crippen molar-refractivity contribution in [3.63, 3.8) is 0 Å². The largest absolute Gasteiger partial charge is 0.361 e. The Labute approximate surface area is 135 Å². The molecule has 2 aromatic heterocycles. The molecular weight excluding hydrogens is 294 g/mol. The minimum atomic E-state index is 0.000213. The highest BCUT2D eigenvalue weighted by molar-refractivity contribution is 5.79. The Hall–Kier alpha value is -2.44. The molecule has 3 heterocycles. The Kier molecular flexibility index (Phi) is 4.55. The number of carbonyl (C=O) groups is 1. The SMILES string of the molecule is Cc1noc(C)c1CC(=O)N[C@@H]1CCCN(c2ncccn2)C1. The van der Waals surface area contributed by atoms with Crippen LogP contribution in [0.25, 0.3) is 0 Å². The first kappa shape index (κ1) is 15.5. The molecule has 1 fully saturated rings. The number of amides is 1. The number of hydrogen-bond acceptors (Lipinski definition) is 6. The Balaban J connectivity index is 1.58. The summed E-state index contributed by atoms with van der Waals surface area (Å²) < 4.78 is 5.11. The summed E-state index contributed by atoms with van der Waals surface area (Å²) in [5.74, 6) is 1.43. The van der Waals surface area contributed by atoms with Gasteiger partial charge >= 0.3 is 0 Å². The molecule has 1 saturated heterocycles. The van der Waals surface area contributed by atoms with E-state index < -0.39 is 0 Å². The van der Waals surface area contributed by atoms with Crippen molar-refractivity contribution in [1.29, 1.82) is 0 Å². The number of aromatic nitrogens is 3. The van der Waals surface area contributed by atoms with Gasteiger partial charge in [-0.15, -0.1) is 0 Å². The molecule has 0 radical (unpaired) electrons. The van der Waals surface area contributed by atoms with Crippen LogP contribution < -0.4 is 10.2 Å². The number of piperidine rings is 1. The summed E-state index contributed by atoms with van der Waals surface area (Å²) in [5, 5.41) is 6.99. The van der Waals surface area contributed by atoms with E-state index in [4.69, 9.17) is 4.52 Å². The van der Waals surface area contributed by atoms with E-state index in [0.29, 0.717) is 12.2 Å². The van der Waals surface area contributed by atoms with Gasteiger partial charge in [0, 0.05) is 37.1 Å². The maximum atomic E-state index is 12.3. The topological polar surface area (TPSA) is 84.2 Å². The average Bonchev–Trinajstić information content (AvgIpc) is 2.88. The molecule has 23 heavy (non-hydrogen) atoms. The number of anilines is 1. The van der Waals surface area contributed by atoms with Gasteiger partial charge in [0.05, 0.1) is 12.1 Å². The highest BCUT2D eigenvalue weighted by Crippen LogP contribution is 2.16. The molecule has 0 saturated carbocycles. The lowest BCUT2D eigenvalue weighted by Crippen LogP contribution is -2.48. The lowest BCUT2D eigenvalue weighted by Gasteiger charge is -2.33. The number of hydrogen-bond donors (Lipinski definition) is 1. The van der Waals surface area contributed by atoms with E-state index in [1.54, 1.807) is 18.5 Å². The smallest absolute Gasteiger partial charge is 0.225 e. The summed E-state index contributed by atoms with van der Waals surface area (Å²) in [5.41, 5.74) is 1.65. The Morgan fingerprint density at radius 2 is 2.17 bits per heavy atom. The second-order valence-corrected chi connectivity index (χ2v) is 5.88. The summed E-state index contributed by atoms with van der Waals surface area (Å²) in [4.78, 5) is 23.0. The molecule has 2 aromatic rings. The van der Waals surface area contributed by atoms with Crippen LogP contribution in [0.15, 0.2) is 23.0 Å². The summed E-state index contributed by atoms with van der Waals surface area (Å²) >= 11 is 0. The van der Waals surface area contributed by atoms with E-state index in [0.717, 1.165) is 43.1 Å². The molecule has 1 aliphatic heterocycles. The van der Waals surface area contributed by atoms with Crippen LogP contribution in [0.2, 0.25) is 0 Å². The van der Waals surface area contributed by atoms with Crippen LogP contribution in [0.1, 0.15) is 29.9 Å². The van der Waals surface area contributed by atoms with Gasteiger partial charge in [0.1, 0.15) is 5.76 Å². The molecule has 3 rings (SSSR count). The van der Waals surface area contributed by atoms with Crippen LogP contribution in [0.5, 0.6) is 0 Å². The fourth-order valence-electron chi connectivity index (χ4n) is 2.92. The second-order valence-electron chi connectivity index (χ2n) is 5.88. The van der Waals surface area contributed by atoms with Crippen LogP contribution in [0.4, 0.5) is 5.95 Å². The molecule has 7 heteroatoms. The number of nitrogens with one attached hydrogen (secondary N) is 1. The Morgan fingerprint density at radius 1 is 1.39 bits per heavy atom. The van der Waals surface area contributed by atoms with E-state index in [2.05, 4.69) is 25.3 Å². The quantitative estimate of drug-likeness (QED) is 0.918. The summed E-state index contributed by atoms with van der Waals surface area (Å²) in [6, 6.07) is 1.91. The summed E-state index contributed by atoms with van der Waals surface area (Å²) in [7, 11) is 0. The third kappa shape index (κ3) is 3.67. The van der Waals surface area contributed by atoms with Crippen molar-refractivity contribution in [2.75, 3.05) is 18.0 Å². The first-order chi connectivity index (χ1) is 11.1.